The molecule has 6 nitrogen and oxygen atoms in total. The zero-order chi connectivity index (χ0) is 37.3. The number of carbonyl (C=O) groups is 2. The van der Waals surface area contributed by atoms with Gasteiger partial charge in [0.15, 0.2) is 0 Å². The molecule has 0 aliphatic heterocycles. The molecule has 6 heteroatoms. The summed E-state index contributed by atoms with van der Waals surface area (Å²) in [6.07, 6.45) is 46.9. The molecule has 3 N–H and O–H groups in total. The Morgan fingerprint density at radius 3 is 1.55 bits per heavy atom. The van der Waals surface area contributed by atoms with Gasteiger partial charge in [-0.25, -0.2) is 0 Å². The van der Waals surface area contributed by atoms with Crippen LogP contribution >= 0.6 is 0 Å². The summed E-state index contributed by atoms with van der Waals surface area (Å²) in [5.41, 5.74) is 0. The van der Waals surface area contributed by atoms with Crippen LogP contribution in [0.2, 0.25) is 0 Å². The number of unbranched alkanes of at least 4 members (excludes halogenated alkanes) is 24. The molecule has 0 aromatic heterocycles. The van der Waals surface area contributed by atoms with E-state index in [1.807, 2.05) is 6.08 Å². The Morgan fingerprint density at radius 2 is 1.00 bits per heavy atom. The number of amides is 1. The van der Waals surface area contributed by atoms with E-state index in [1.165, 1.54) is 116 Å². The quantitative estimate of drug-likeness (QED) is 0.0334. The molecule has 51 heavy (non-hydrogen) atoms. The van der Waals surface area contributed by atoms with E-state index in [1.54, 1.807) is 6.08 Å². The summed E-state index contributed by atoms with van der Waals surface area (Å²) in [7, 11) is 0. The summed E-state index contributed by atoms with van der Waals surface area (Å²) in [4.78, 5) is 24.3. The Morgan fingerprint density at radius 1 is 0.549 bits per heavy atom. The van der Waals surface area contributed by atoms with Crippen LogP contribution in [0.15, 0.2) is 36.5 Å². The van der Waals surface area contributed by atoms with Gasteiger partial charge in [-0.1, -0.05) is 179 Å². The topological polar surface area (TPSA) is 95.9 Å². The van der Waals surface area contributed by atoms with Crippen molar-refractivity contribution in [2.75, 3.05) is 13.2 Å². The molecule has 0 aromatic carbocycles. The summed E-state index contributed by atoms with van der Waals surface area (Å²) in [5, 5.41) is 22.8. The van der Waals surface area contributed by atoms with Crippen LogP contribution in [0.4, 0.5) is 0 Å². The number of rotatable bonds is 39. The van der Waals surface area contributed by atoms with Crippen molar-refractivity contribution in [3.63, 3.8) is 0 Å². The Bertz CT molecular complexity index is 838. The van der Waals surface area contributed by atoms with Crippen molar-refractivity contribution in [1.82, 2.24) is 5.32 Å². The van der Waals surface area contributed by atoms with Gasteiger partial charge in [0.05, 0.1) is 25.4 Å². The van der Waals surface area contributed by atoms with Crippen molar-refractivity contribution in [2.45, 2.75) is 225 Å². The zero-order valence-electron chi connectivity index (χ0n) is 33.6. The molecule has 0 rings (SSSR count). The molecule has 2 unspecified atom stereocenters. The lowest BCUT2D eigenvalue weighted by Gasteiger charge is -2.20. The molecule has 0 saturated heterocycles. The Kier molecular flexibility index (Phi) is 39.3. The Hall–Kier alpha value is -1.92. The van der Waals surface area contributed by atoms with E-state index in [-0.39, 0.29) is 18.5 Å². The van der Waals surface area contributed by atoms with Crippen molar-refractivity contribution in [2.24, 2.45) is 0 Å². The van der Waals surface area contributed by atoms with Gasteiger partial charge in [-0.05, 0) is 57.8 Å². The second-order valence-corrected chi connectivity index (χ2v) is 14.7. The summed E-state index contributed by atoms with van der Waals surface area (Å²) in [6.45, 7) is 4.76. The van der Waals surface area contributed by atoms with Crippen LogP contribution in [0.25, 0.3) is 0 Å². The minimum Gasteiger partial charge on any atom is -0.466 e. The third-order valence-electron chi connectivity index (χ3n) is 9.66. The predicted molar refractivity (Wildman–Crippen MR) is 218 cm³/mol. The van der Waals surface area contributed by atoms with Crippen LogP contribution in [0, 0.1) is 0 Å². The molecule has 1 amide bonds. The molecule has 0 heterocycles. The highest BCUT2D eigenvalue weighted by Gasteiger charge is 2.18. The van der Waals surface area contributed by atoms with E-state index in [4.69, 9.17) is 4.74 Å². The highest BCUT2D eigenvalue weighted by Crippen LogP contribution is 2.14. The molecule has 0 bridgehead atoms. The van der Waals surface area contributed by atoms with Gasteiger partial charge >= 0.3 is 5.97 Å². The maximum atomic E-state index is 12.3. The van der Waals surface area contributed by atoms with E-state index in [2.05, 4.69) is 43.5 Å². The molecule has 298 valence electrons. The second kappa shape index (κ2) is 40.8. The third kappa shape index (κ3) is 37.6. The van der Waals surface area contributed by atoms with E-state index in [0.29, 0.717) is 19.4 Å². The zero-order valence-corrected chi connectivity index (χ0v) is 33.6. The van der Waals surface area contributed by atoms with Crippen LogP contribution in [-0.4, -0.2) is 47.4 Å². The number of allylic oxidation sites excluding steroid dienone is 5. The summed E-state index contributed by atoms with van der Waals surface area (Å²) < 4.78 is 5.43. The molecule has 0 saturated carbocycles. The fourth-order valence-electron chi connectivity index (χ4n) is 6.23. The molecular formula is C45H83NO5. The largest absolute Gasteiger partial charge is 0.466 e. The SMILES string of the molecule is CCCC/C=C\C/C=C\CCCCCCCC(=O)OCCCCCCCCCCCCCC(=O)NC(CO)C(O)/C=C/CCCCCCCCC. The maximum absolute atomic E-state index is 12.3. The van der Waals surface area contributed by atoms with Gasteiger partial charge in [0.25, 0.3) is 0 Å². The summed E-state index contributed by atoms with van der Waals surface area (Å²) >= 11 is 0. The van der Waals surface area contributed by atoms with Gasteiger partial charge in [0, 0.05) is 12.8 Å². The number of esters is 1. The smallest absolute Gasteiger partial charge is 0.305 e. The average molecular weight is 718 g/mol. The number of hydrogen-bond acceptors (Lipinski definition) is 5. The van der Waals surface area contributed by atoms with Crippen molar-refractivity contribution in [3.8, 4) is 0 Å². The van der Waals surface area contributed by atoms with Crippen LogP contribution in [-0.2, 0) is 14.3 Å². The first kappa shape index (κ1) is 49.1. The summed E-state index contributed by atoms with van der Waals surface area (Å²) in [6, 6.07) is -0.640. The number of ether oxygens (including phenoxy) is 1. The molecule has 0 aromatic rings. The second-order valence-electron chi connectivity index (χ2n) is 14.7. The lowest BCUT2D eigenvalue weighted by molar-refractivity contribution is -0.143. The van der Waals surface area contributed by atoms with Crippen LogP contribution in [0.3, 0.4) is 0 Å². The first-order valence-corrected chi connectivity index (χ1v) is 21.8. The van der Waals surface area contributed by atoms with E-state index < -0.39 is 12.1 Å². The van der Waals surface area contributed by atoms with Crippen molar-refractivity contribution >= 4 is 11.9 Å². The van der Waals surface area contributed by atoms with Gasteiger partial charge in [-0.15, -0.1) is 0 Å². The molecule has 0 aliphatic carbocycles. The molecule has 2 atom stereocenters. The van der Waals surface area contributed by atoms with Gasteiger partial charge in [-0.3, -0.25) is 9.59 Å². The first-order chi connectivity index (χ1) is 25.0. The predicted octanol–water partition coefficient (Wildman–Crippen LogP) is 12.2. The van der Waals surface area contributed by atoms with Crippen molar-refractivity contribution < 1.29 is 24.5 Å². The van der Waals surface area contributed by atoms with Crippen LogP contribution < -0.4 is 5.32 Å². The molecule has 0 aliphatic rings. The van der Waals surface area contributed by atoms with E-state index in [9.17, 15) is 19.8 Å². The average Bonchev–Trinajstić information content (AvgIpc) is 3.13. The monoisotopic (exact) mass is 718 g/mol. The normalized spacial score (nSPS) is 13.1. The Balaban J connectivity index is 3.51. The van der Waals surface area contributed by atoms with Gasteiger partial charge < -0.3 is 20.3 Å². The molecule has 0 fully saturated rings. The highest BCUT2D eigenvalue weighted by atomic mass is 16.5. The fourth-order valence-corrected chi connectivity index (χ4v) is 6.23. The van der Waals surface area contributed by atoms with Crippen LogP contribution in [0.1, 0.15) is 213 Å². The van der Waals surface area contributed by atoms with Crippen molar-refractivity contribution in [1.29, 1.82) is 0 Å². The van der Waals surface area contributed by atoms with Crippen LogP contribution in [0.5, 0.6) is 0 Å². The molecule has 0 radical (unpaired) electrons. The Labute approximate surface area is 315 Å². The molecule has 0 spiro atoms. The standard InChI is InChI=1S/C45H83NO5/c1-3-5-7-9-11-13-14-15-16-19-23-27-31-35-39-45(50)51-40-36-32-28-24-20-17-18-22-26-30-34-38-44(49)46-42(41-47)43(48)37-33-29-25-21-12-10-8-6-4-2/h9,11,14-15,33,37,42-43,47-48H,3-8,10,12-13,16-32,34-36,38-41H2,1-2H3,(H,46,49)/b11-9-,15-14-,37-33+. The third-order valence-corrected chi connectivity index (χ3v) is 9.66. The lowest BCUT2D eigenvalue weighted by atomic mass is 10.0. The number of nitrogens with one attached hydrogen (secondary N) is 1. The van der Waals surface area contributed by atoms with Gasteiger partial charge in [0.1, 0.15) is 0 Å². The lowest BCUT2D eigenvalue weighted by Crippen LogP contribution is -2.45. The maximum Gasteiger partial charge on any atom is 0.305 e. The molecular weight excluding hydrogens is 634 g/mol. The fraction of sp³-hybridized carbons (Fsp3) is 0.822. The highest BCUT2D eigenvalue weighted by molar-refractivity contribution is 5.76. The number of aliphatic hydroxyl groups excluding tert-OH is 2. The number of hydrogen-bond donors (Lipinski definition) is 3. The van der Waals surface area contributed by atoms with Crippen molar-refractivity contribution in [3.05, 3.63) is 36.5 Å². The van der Waals surface area contributed by atoms with Gasteiger partial charge in [-0.2, -0.15) is 0 Å². The van der Waals surface area contributed by atoms with E-state index in [0.717, 1.165) is 70.6 Å². The minimum absolute atomic E-state index is 0.0317. The first-order valence-electron chi connectivity index (χ1n) is 21.8. The van der Waals surface area contributed by atoms with E-state index >= 15 is 0 Å². The minimum atomic E-state index is -0.855. The summed E-state index contributed by atoms with van der Waals surface area (Å²) in [5.74, 6) is -0.124. The number of carbonyl (C=O) groups excluding carboxylic acids is 2. The number of aliphatic hydroxyl groups is 2. The van der Waals surface area contributed by atoms with Gasteiger partial charge in [0.2, 0.25) is 5.91 Å².